The Balaban J connectivity index is 3.16. The molecule has 0 saturated heterocycles. The van der Waals surface area contributed by atoms with E-state index in [4.69, 9.17) is 0 Å². The molecular formula is C23H48N2O. The van der Waals surface area contributed by atoms with Gasteiger partial charge in [-0.1, -0.05) is 111 Å². The second-order valence-electron chi connectivity index (χ2n) is 7.76. The molecule has 3 heteroatoms. The average Bonchev–Trinajstić information content (AvgIpc) is 2.65. The van der Waals surface area contributed by atoms with Gasteiger partial charge in [0.05, 0.1) is 6.54 Å². The van der Waals surface area contributed by atoms with Crippen LogP contribution in [-0.4, -0.2) is 37.0 Å². The van der Waals surface area contributed by atoms with Crippen LogP contribution in [0.2, 0.25) is 0 Å². The molecule has 0 radical (unpaired) electrons. The Kier molecular flexibility index (Phi) is 20.3. The third-order valence-corrected chi connectivity index (χ3v) is 5.36. The molecule has 0 fully saturated rings. The Bertz CT molecular complexity index is 290. The molecule has 0 unspecified atom stereocenters. The van der Waals surface area contributed by atoms with Gasteiger partial charge in [-0.25, -0.2) is 0 Å². The summed E-state index contributed by atoms with van der Waals surface area (Å²) in [5.74, 6) is 0.180. The molecule has 0 spiro atoms. The largest absolute Gasteiger partial charge is 0.355 e. The van der Waals surface area contributed by atoms with Crippen molar-refractivity contribution in [2.75, 3.05) is 26.2 Å². The summed E-state index contributed by atoms with van der Waals surface area (Å²) >= 11 is 0. The van der Waals surface area contributed by atoms with Crippen molar-refractivity contribution in [2.45, 2.75) is 117 Å². The van der Waals surface area contributed by atoms with E-state index >= 15 is 0 Å². The molecule has 0 heterocycles. The van der Waals surface area contributed by atoms with Crippen LogP contribution in [0, 0.1) is 0 Å². The Labute approximate surface area is 164 Å². The van der Waals surface area contributed by atoms with Gasteiger partial charge in [0.2, 0.25) is 5.91 Å². The highest BCUT2D eigenvalue weighted by Gasteiger charge is 2.05. The summed E-state index contributed by atoms with van der Waals surface area (Å²) in [6, 6.07) is 0. The van der Waals surface area contributed by atoms with E-state index < -0.39 is 0 Å². The maximum atomic E-state index is 11.8. The average molecular weight is 369 g/mol. The number of likely N-dealkylation sites (N-methyl/N-ethyl adjacent to an activating group) is 1. The lowest BCUT2D eigenvalue weighted by Gasteiger charge is -2.17. The van der Waals surface area contributed by atoms with Crippen LogP contribution >= 0.6 is 0 Å². The lowest BCUT2D eigenvalue weighted by molar-refractivity contribution is -0.122. The molecule has 3 nitrogen and oxygen atoms in total. The van der Waals surface area contributed by atoms with Crippen LogP contribution < -0.4 is 5.32 Å². The molecule has 26 heavy (non-hydrogen) atoms. The molecule has 0 aliphatic carbocycles. The minimum absolute atomic E-state index is 0.180. The van der Waals surface area contributed by atoms with Gasteiger partial charge in [-0.2, -0.15) is 0 Å². The van der Waals surface area contributed by atoms with Crippen molar-refractivity contribution >= 4 is 5.91 Å². The molecule has 0 rings (SSSR count). The van der Waals surface area contributed by atoms with Gasteiger partial charge in [-0.05, 0) is 19.5 Å². The molecule has 0 aliphatic rings. The van der Waals surface area contributed by atoms with Crippen molar-refractivity contribution in [3.8, 4) is 0 Å². The number of rotatable bonds is 20. The van der Waals surface area contributed by atoms with Gasteiger partial charge in [0.1, 0.15) is 0 Å². The van der Waals surface area contributed by atoms with Crippen molar-refractivity contribution in [3.05, 3.63) is 0 Å². The second-order valence-corrected chi connectivity index (χ2v) is 7.76. The SMILES string of the molecule is CCCCCCCCCCCCCCCCCNC(=O)CN(CC)CC. The number of carbonyl (C=O) groups is 1. The first kappa shape index (κ1) is 25.4. The molecule has 156 valence electrons. The lowest BCUT2D eigenvalue weighted by atomic mass is 10.0. The van der Waals surface area contributed by atoms with E-state index in [1.54, 1.807) is 0 Å². The van der Waals surface area contributed by atoms with Crippen LogP contribution in [0.5, 0.6) is 0 Å². The van der Waals surface area contributed by atoms with Crippen molar-refractivity contribution in [1.82, 2.24) is 10.2 Å². The first-order valence-corrected chi connectivity index (χ1v) is 11.7. The third-order valence-electron chi connectivity index (χ3n) is 5.36. The predicted octanol–water partition coefficient (Wildman–Crippen LogP) is 6.32. The third kappa shape index (κ3) is 18.2. The molecular weight excluding hydrogens is 320 g/mol. The summed E-state index contributed by atoms with van der Waals surface area (Å²) in [6.45, 7) is 9.78. The zero-order chi connectivity index (χ0) is 19.3. The highest BCUT2D eigenvalue weighted by atomic mass is 16.2. The molecule has 0 atom stereocenters. The summed E-state index contributed by atoms with van der Waals surface area (Å²) in [7, 11) is 0. The summed E-state index contributed by atoms with van der Waals surface area (Å²) in [4.78, 5) is 13.9. The minimum Gasteiger partial charge on any atom is -0.355 e. The fraction of sp³-hybridized carbons (Fsp3) is 0.957. The van der Waals surface area contributed by atoms with E-state index in [-0.39, 0.29) is 5.91 Å². The molecule has 1 N–H and O–H groups in total. The number of hydrogen-bond donors (Lipinski definition) is 1. The Hall–Kier alpha value is -0.570. The van der Waals surface area contributed by atoms with E-state index in [2.05, 4.69) is 31.0 Å². The number of amides is 1. The van der Waals surface area contributed by atoms with Crippen LogP contribution in [0.1, 0.15) is 117 Å². The predicted molar refractivity (Wildman–Crippen MR) is 116 cm³/mol. The monoisotopic (exact) mass is 368 g/mol. The van der Waals surface area contributed by atoms with Crippen LogP contribution in [0.3, 0.4) is 0 Å². The summed E-state index contributed by atoms with van der Waals surface area (Å²) in [5.41, 5.74) is 0. The number of unbranched alkanes of at least 4 members (excludes halogenated alkanes) is 14. The van der Waals surface area contributed by atoms with Gasteiger partial charge in [0, 0.05) is 6.54 Å². The summed E-state index contributed by atoms with van der Waals surface area (Å²) < 4.78 is 0. The topological polar surface area (TPSA) is 32.3 Å². The number of carbonyl (C=O) groups excluding carboxylic acids is 1. The molecule has 0 bridgehead atoms. The first-order valence-electron chi connectivity index (χ1n) is 11.7. The van der Waals surface area contributed by atoms with Gasteiger partial charge in [-0.15, -0.1) is 0 Å². The first-order chi connectivity index (χ1) is 12.7. The second kappa shape index (κ2) is 20.7. The van der Waals surface area contributed by atoms with Crippen LogP contribution in [-0.2, 0) is 4.79 Å². The number of nitrogens with one attached hydrogen (secondary N) is 1. The summed E-state index contributed by atoms with van der Waals surface area (Å²) in [6.07, 6.45) is 20.7. The maximum absolute atomic E-state index is 11.8. The minimum atomic E-state index is 0.180. The number of nitrogens with zero attached hydrogens (tertiary/aromatic N) is 1. The van der Waals surface area contributed by atoms with E-state index in [0.717, 1.165) is 26.1 Å². The van der Waals surface area contributed by atoms with Crippen molar-refractivity contribution < 1.29 is 4.79 Å². The van der Waals surface area contributed by atoms with E-state index in [9.17, 15) is 4.79 Å². The standard InChI is InChI=1S/C23H48N2O/c1-4-7-8-9-10-11-12-13-14-15-16-17-18-19-20-21-24-23(26)22-25(5-2)6-3/h4-22H2,1-3H3,(H,24,26). The normalized spacial score (nSPS) is 11.2. The smallest absolute Gasteiger partial charge is 0.234 e. The van der Waals surface area contributed by atoms with Gasteiger partial charge < -0.3 is 5.32 Å². The molecule has 1 amide bonds. The molecule has 0 aromatic rings. The lowest BCUT2D eigenvalue weighted by Crippen LogP contribution is -2.37. The maximum Gasteiger partial charge on any atom is 0.234 e. The van der Waals surface area contributed by atoms with E-state index in [0.29, 0.717) is 6.54 Å². The highest BCUT2D eigenvalue weighted by molar-refractivity contribution is 5.77. The van der Waals surface area contributed by atoms with Crippen LogP contribution in [0.15, 0.2) is 0 Å². The van der Waals surface area contributed by atoms with Gasteiger partial charge in [0.15, 0.2) is 0 Å². The molecule has 0 saturated carbocycles. The quantitative estimate of drug-likeness (QED) is 0.255. The molecule has 0 aliphatic heterocycles. The van der Waals surface area contributed by atoms with Gasteiger partial charge >= 0.3 is 0 Å². The molecule has 0 aromatic carbocycles. The molecule has 0 aromatic heterocycles. The van der Waals surface area contributed by atoms with Crippen molar-refractivity contribution in [3.63, 3.8) is 0 Å². The van der Waals surface area contributed by atoms with Crippen LogP contribution in [0.4, 0.5) is 0 Å². The van der Waals surface area contributed by atoms with Crippen LogP contribution in [0.25, 0.3) is 0 Å². The number of hydrogen-bond acceptors (Lipinski definition) is 2. The van der Waals surface area contributed by atoms with Gasteiger partial charge in [-0.3, -0.25) is 9.69 Å². The zero-order valence-corrected chi connectivity index (χ0v) is 18.3. The zero-order valence-electron chi connectivity index (χ0n) is 18.3. The fourth-order valence-corrected chi connectivity index (χ4v) is 3.43. The highest BCUT2D eigenvalue weighted by Crippen LogP contribution is 2.13. The Morgan fingerprint density at radius 3 is 1.38 bits per heavy atom. The summed E-state index contributed by atoms with van der Waals surface area (Å²) in [5, 5.41) is 3.05. The fourth-order valence-electron chi connectivity index (χ4n) is 3.43. The van der Waals surface area contributed by atoms with Crippen molar-refractivity contribution in [1.29, 1.82) is 0 Å². The Morgan fingerprint density at radius 2 is 1.00 bits per heavy atom. The van der Waals surface area contributed by atoms with E-state index in [1.165, 1.54) is 89.9 Å². The van der Waals surface area contributed by atoms with Crippen molar-refractivity contribution in [2.24, 2.45) is 0 Å². The van der Waals surface area contributed by atoms with E-state index in [1.807, 2.05) is 0 Å². The Morgan fingerprint density at radius 1 is 0.615 bits per heavy atom. The van der Waals surface area contributed by atoms with Gasteiger partial charge in [0.25, 0.3) is 0 Å².